The van der Waals surface area contributed by atoms with E-state index in [4.69, 9.17) is 0 Å². The van der Waals surface area contributed by atoms with Crippen LogP contribution in [0, 0.1) is 5.92 Å². The Kier molecular flexibility index (Phi) is 7.32. The largest absolute Gasteiger partial charge is 0.284 e. The van der Waals surface area contributed by atoms with Gasteiger partial charge in [0.05, 0.1) is 4.90 Å². The second-order valence-electron chi connectivity index (χ2n) is 6.20. The van der Waals surface area contributed by atoms with Gasteiger partial charge in [-0.3, -0.25) is 9.40 Å². The lowest BCUT2D eigenvalue weighted by Crippen LogP contribution is -2.05. The van der Waals surface area contributed by atoms with Crippen LogP contribution in [0.1, 0.15) is 46.1 Å². The number of anilines is 1. The van der Waals surface area contributed by atoms with Gasteiger partial charge in [0.15, 0.2) is 16.8 Å². The Morgan fingerprint density at radius 2 is 1.59 bits per heavy atom. The summed E-state index contributed by atoms with van der Waals surface area (Å²) in [5.41, 5.74) is 1.24. The second kappa shape index (κ2) is 8.73. The highest BCUT2D eigenvalue weighted by molar-refractivity contribution is 7.86. The predicted octanol–water partition coefficient (Wildman–Crippen LogP) is 4.34. The maximum atomic E-state index is 12.1. The third kappa shape index (κ3) is 6.43. The second-order valence-corrected chi connectivity index (χ2v) is 7.41. The molecule has 1 heterocycles. The highest BCUT2D eigenvalue weighted by Gasteiger charge is 2.06. The lowest BCUT2D eigenvalue weighted by atomic mass is 10.0. The normalized spacial score (nSPS) is 12.0. The van der Waals surface area contributed by atoms with E-state index in [2.05, 4.69) is 44.4 Å². The summed E-state index contributed by atoms with van der Waals surface area (Å²) in [6.45, 7) is 10.8. The Balaban J connectivity index is 0.000000541. The molecule has 0 aliphatic heterocycles. The van der Waals surface area contributed by atoms with Crippen LogP contribution in [0.2, 0.25) is 0 Å². The summed E-state index contributed by atoms with van der Waals surface area (Å²) in [5, 5.41) is 4.13. The SMILES string of the molecule is CC(C)C.CC(C)c1ccc(S(=O)Nc2ccn(C)n2)cc1. The van der Waals surface area contributed by atoms with E-state index in [0.29, 0.717) is 11.7 Å². The van der Waals surface area contributed by atoms with Crippen molar-refractivity contribution in [3.8, 4) is 0 Å². The van der Waals surface area contributed by atoms with E-state index < -0.39 is 11.0 Å². The first-order chi connectivity index (χ1) is 10.3. The summed E-state index contributed by atoms with van der Waals surface area (Å²) in [7, 11) is 0.557. The predicted molar refractivity (Wildman–Crippen MR) is 94.3 cm³/mol. The summed E-state index contributed by atoms with van der Waals surface area (Å²) in [6.07, 6.45) is 1.81. The number of hydrogen-bond donors (Lipinski definition) is 1. The Hall–Kier alpha value is -1.62. The topological polar surface area (TPSA) is 46.9 Å². The fourth-order valence-corrected chi connectivity index (χ4v) is 2.40. The molecule has 2 rings (SSSR count). The van der Waals surface area contributed by atoms with Crippen molar-refractivity contribution in [2.75, 3.05) is 4.72 Å². The maximum Gasteiger partial charge on any atom is 0.159 e. The molecule has 1 N–H and O–H groups in total. The Morgan fingerprint density at radius 3 is 2.00 bits per heavy atom. The fraction of sp³-hybridized carbons (Fsp3) is 0.471. The van der Waals surface area contributed by atoms with Crippen molar-refractivity contribution >= 4 is 16.8 Å². The first kappa shape index (κ1) is 18.4. The molecule has 0 bridgehead atoms. The standard InChI is InChI=1S/C13H17N3OS.C4H10/c1-10(2)11-4-6-12(7-5-11)18(17)15-13-8-9-16(3)14-13;1-4(2)3/h4-10H,1-3H3,(H,14,15);4H,1-3H3. The molecule has 122 valence electrons. The van der Waals surface area contributed by atoms with Gasteiger partial charge in [0, 0.05) is 19.3 Å². The molecule has 1 aromatic carbocycles. The van der Waals surface area contributed by atoms with Crippen LogP contribution < -0.4 is 4.72 Å². The van der Waals surface area contributed by atoms with Crippen LogP contribution in [0.5, 0.6) is 0 Å². The molecule has 0 saturated carbocycles. The van der Waals surface area contributed by atoms with Gasteiger partial charge in [-0.15, -0.1) is 0 Å². The minimum absolute atomic E-state index is 0.483. The first-order valence-electron chi connectivity index (χ1n) is 7.57. The molecule has 0 amide bonds. The van der Waals surface area contributed by atoms with Crippen molar-refractivity contribution in [1.82, 2.24) is 9.78 Å². The number of aromatic nitrogens is 2. The maximum absolute atomic E-state index is 12.1. The number of aryl methyl sites for hydroxylation is 1. The van der Waals surface area contributed by atoms with Crippen LogP contribution in [0.25, 0.3) is 0 Å². The molecular weight excluding hydrogens is 294 g/mol. The average Bonchev–Trinajstić information content (AvgIpc) is 2.83. The van der Waals surface area contributed by atoms with Gasteiger partial charge in [0.25, 0.3) is 0 Å². The van der Waals surface area contributed by atoms with Gasteiger partial charge in [-0.1, -0.05) is 46.8 Å². The van der Waals surface area contributed by atoms with Gasteiger partial charge >= 0.3 is 0 Å². The molecule has 0 spiro atoms. The molecule has 22 heavy (non-hydrogen) atoms. The zero-order valence-corrected chi connectivity index (χ0v) is 15.1. The van der Waals surface area contributed by atoms with Crippen LogP contribution in [0.4, 0.5) is 5.82 Å². The average molecular weight is 321 g/mol. The van der Waals surface area contributed by atoms with Crippen LogP contribution >= 0.6 is 0 Å². The minimum atomic E-state index is -1.27. The van der Waals surface area contributed by atoms with Gasteiger partial charge in [-0.05, 0) is 29.5 Å². The number of nitrogens with zero attached hydrogens (tertiary/aromatic N) is 2. The van der Waals surface area contributed by atoms with E-state index in [0.717, 1.165) is 10.8 Å². The summed E-state index contributed by atoms with van der Waals surface area (Å²) < 4.78 is 16.6. The Labute approximate surface area is 136 Å². The van der Waals surface area contributed by atoms with E-state index in [9.17, 15) is 4.21 Å². The third-order valence-electron chi connectivity index (χ3n) is 2.67. The van der Waals surface area contributed by atoms with Crippen LogP contribution in [0.3, 0.4) is 0 Å². The number of rotatable bonds is 4. The molecule has 1 unspecified atom stereocenters. The van der Waals surface area contributed by atoms with Crippen molar-refractivity contribution in [2.45, 2.75) is 45.4 Å². The van der Waals surface area contributed by atoms with Crippen LogP contribution in [-0.2, 0) is 18.0 Å². The van der Waals surface area contributed by atoms with E-state index in [1.165, 1.54) is 5.56 Å². The number of hydrogen-bond acceptors (Lipinski definition) is 2. The Bertz CT molecular complexity index is 585. The zero-order valence-electron chi connectivity index (χ0n) is 14.3. The van der Waals surface area contributed by atoms with Crippen molar-refractivity contribution < 1.29 is 4.21 Å². The van der Waals surface area contributed by atoms with Crippen molar-refractivity contribution in [3.63, 3.8) is 0 Å². The van der Waals surface area contributed by atoms with Gasteiger partial charge in [0.2, 0.25) is 0 Å². The summed E-state index contributed by atoms with van der Waals surface area (Å²) in [5.74, 6) is 1.93. The molecule has 0 radical (unpaired) electrons. The smallest absolute Gasteiger partial charge is 0.159 e. The molecular formula is C17H27N3OS. The molecule has 1 aromatic heterocycles. The summed E-state index contributed by atoms with van der Waals surface area (Å²) in [6, 6.07) is 9.60. The lowest BCUT2D eigenvalue weighted by molar-refractivity contribution is 0.685. The molecule has 0 fully saturated rings. The van der Waals surface area contributed by atoms with Gasteiger partial charge in [0.1, 0.15) is 0 Å². The molecule has 2 aromatic rings. The van der Waals surface area contributed by atoms with Crippen LogP contribution in [0.15, 0.2) is 41.4 Å². The molecule has 0 aliphatic rings. The first-order valence-corrected chi connectivity index (χ1v) is 8.72. The zero-order chi connectivity index (χ0) is 16.7. The third-order valence-corrected chi connectivity index (χ3v) is 3.77. The molecule has 1 atom stereocenters. The highest BCUT2D eigenvalue weighted by atomic mass is 32.2. The Morgan fingerprint density at radius 1 is 1.05 bits per heavy atom. The molecule has 4 nitrogen and oxygen atoms in total. The van der Waals surface area contributed by atoms with E-state index in [1.807, 2.05) is 31.3 Å². The van der Waals surface area contributed by atoms with E-state index in [1.54, 1.807) is 16.9 Å². The quantitative estimate of drug-likeness (QED) is 0.910. The van der Waals surface area contributed by atoms with Crippen LogP contribution in [-0.4, -0.2) is 14.0 Å². The van der Waals surface area contributed by atoms with Crippen molar-refractivity contribution in [3.05, 3.63) is 42.1 Å². The van der Waals surface area contributed by atoms with Gasteiger partial charge in [-0.25, -0.2) is 4.21 Å². The molecule has 5 heteroatoms. The number of nitrogens with one attached hydrogen (secondary N) is 1. The van der Waals surface area contributed by atoms with Crippen molar-refractivity contribution in [2.24, 2.45) is 13.0 Å². The van der Waals surface area contributed by atoms with Crippen molar-refractivity contribution in [1.29, 1.82) is 0 Å². The number of benzene rings is 1. The minimum Gasteiger partial charge on any atom is -0.284 e. The summed E-state index contributed by atoms with van der Waals surface area (Å²) >= 11 is 0. The van der Waals surface area contributed by atoms with Gasteiger partial charge < -0.3 is 0 Å². The highest BCUT2D eigenvalue weighted by Crippen LogP contribution is 2.17. The lowest BCUT2D eigenvalue weighted by Gasteiger charge is -2.07. The molecule has 0 aliphatic carbocycles. The fourth-order valence-electron chi connectivity index (χ4n) is 1.60. The summed E-state index contributed by atoms with van der Waals surface area (Å²) in [4.78, 5) is 0.755. The monoisotopic (exact) mass is 321 g/mol. The van der Waals surface area contributed by atoms with E-state index >= 15 is 0 Å². The molecule has 0 saturated heterocycles. The van der Waals surface area contributed by atoms with E-state index in [-0.39, 0.29) is 0 Å². The van der Waals surface area contributed by atoms with Gasteiger partial charge in [-0.2, -0.15) is 5.10 Å².